The van der Waals surface area contributed by atoms with E-state index in [1.165, 1.54) is 16.7 Å². The van der Waals surface area contributed by atoms with Crippen LogP contribution in [0.25, 0.3) is 0 Å². The van der Waals surface area contributed by atoms with Gasteiger partial charge in [-0.15, -0.1) is 0 Å². The van der Waals surface area contributed by atoms with Gasteiger partial charge in [0.25, 0.3) is 0 Å². The highest BCUT2D eigenvalue weighted by molar-refractivity contribution is 7.07. The van der Waals surface area contributed by atoms with Gasteiger partial charge in [-0.3, -0.25) is 0 Å². The second-order valence-electron chi connectivity index (χ2n) is 4.76. The maximum Gasteiger partial charge on any atom is 0.422 e. The average molecular weight is 324 g/mol. The quantitative estimate of drug-likeness (QED) is 0.778. The summed E-state index contributed by atoms with van der Waals surface area (Å²) in [5, 5.41) is 16.2. The first-order valence-electron chi connectivity index (χ1n) is 5.96. The van der Waals surface area contributed by atoms with Crippen molar-refractivity contribution in [2.24, 2.45) is 0 Å². The van der Waals surface area contributed by atoms with Gasteiger partial charge in [-0.25, -0.2) is 9.59 Å². The Labute approximate surface area is 123 Å². The zero-order valence-electron chi connectivity index (χ0n) is 11.3. The molecule has 118 valence electrons. The van der Waals surface area contributed by atoms with Gasteiger partial charge >= 0.3 is 18.2 Å². The number of hydrogen-bond acceptors (Lipinski definition) is 3. The molecular weight excluding hydrogens is 309 g/mol. The molecule has 0 aliphatic heterocycles. The van der Waals surface area contributed by atoms with Crippen molar-refractivity contribution < 1.29 is 27.9 Å². The molecule has 0 fully saturated rings. The first-order valence-corrected chi connectivity index (χ1v) is 6.90. The SMILES string of the molecule is CC(Cc1ccsc1)NC(=O)NC(C)(C(=O)O)C(F)(F)F. The predicted molar refractivity (Wildman–Crippen MR) is 71.2 cm³/mol. The molecule has 0 aromatic carbocycles. The second kappa shape index (κ2) is 6.33. The van der Waals surface area contributed by atoms with Crippen molar-refractivity contribution in [3.63, 3.8) is 0 Å². The van der Waals surface area contributed by atoms with Gasteiger partial charge < -0.3 is 15.7 Å². The molecule has 0 aliphatic rings. The molecule has 1 heterocycles. The summed E-state index contributed by atoms with van der Waals surface area (Å²) in [5.74, 6) is -2.17. The van der Waals surface area contributed by atoms with Gasteiger partial charge in [-0.2, -0.15) is 24.5 Å². The molecule has 0 radical (unpaired) electrons. The van der Waals surface area contributed by atoms with Crippen molar-refractivity contribution in [3.05, 3.63) is 22.4 Å². The Balaban J connectivity index is 2.65. The number of hydrogen-bond donors (Lipinski definition) is 3. The molecular formula is C12H15F3N2O3S. The van der Waals surface area contributed by atoms with Crippen LogP contribution in [0.5, 0.6) is 0 Å². The van der Waals surface area contributed by atoms with Crippen LogP contribution in [0.3, 0.4) is 0 Å². The lowest BCUT2D eigenvalue weighted by molar-refractivity contribution is -0.203. The van der Waals surface area contributed by atoms with Crippen LogP contribution >= 0.6 is 11.3 Å². The predicted octanol–water partition coefficient (Wildman–Crippen LogP) is 2.38. The summed E-state index contributed by atoms with van der Waals surface area (Å²) in [7, 11) is 0. The van der Waals surface area contributed by atoms with Crippen LogP contribution < -0.4 is 10.6 Å². The molecule has 0 aliphatic carbocycles. The lowest BCUT2D eigenvalue weighted by Gasteiger charge is -2.29. The maximum absolute atomic E-state index is 12.7. The summed E-state index contributed by atoms with van der Waals surface area (Å²) in [4.78, 5) is 22.4. The number of rotatable bonds is 5. The standard InChI is InChI=1S/C12H15F3N2O3S/c1-7(5-8-3-4-21-6-8)16-10(20)17-11(2,9(18)19)12(13,14)15/h3-4,6-7H,5H2,1-2H3,(H,18,19)(H2,16,17,20). The largest absolute Gasteiger partial charge is 0.479 e. The van der Waals surface area contributed by atoms with Crippen LogP contribution in [0, 0.1) is 0 Å². The number of alkyl halides is 3. The molecule has 1 aromatic heterocycles. The Morgan fingerprint density at radius 2 is 2.05 bits per heavy atom. The minimum absolute atomic E-state index is 0.401. The molecule has 5 nitrogen and oxygen atoms in total. The van der Waals surface area contributed by atoms with E-state index in [1.807, 2.05) is 16.8 Å². The Bertz CT molecular complexity index is 504. The van der Waals surface area contributed by atoms with Crippen LogP contribution in [0.2, 0.25) is 0 Å². The van der Waals surface area contributed by atoms with Gasteiger partial charge in [-0.05, 0) is 42.7 Å². The minimum atomic E-state index is -5.10. The Morgan fingerprint density at radius 1 is 1.43 bits per heavy atom. The summed E-state index contributed by atoms with van der Waals surface area (Å²) in [6.45, 7) is 2.02. The highest BCUT2D eigenvalue weighted by Crippen LogP contribution is 2.30. The summed E-state index contributed by atoms with van der Waals surface area (Å²) in [6.07, 6.45) is -4.67. The fourth-order valence-electron chi connectivity index (χ4n) is 1.55. The summed E-state index contributed by atoms with van der Waals surface area (Å²) in [5.41, 5.74) is -2.40. The number of halogens is 3. The third-order valence-corrected chi connectivity index (χ3v) is 3.59. The van der Waals surface area contributed by atoms with E-state index in [4.69, 9.17) is 5.11 Å². The minimum Gasteiger partial charge on any atom is -0.479 e. The molecule has 0 spiro atoms. The monoisotopic (exact) mass is 324 g/mol. The highest BCUT2D eigenvalue weighted by Gasteiger charge is 2.58. The van der Waals surface area contributed by atoms with Crippen molar-refractivity contribution >= 4 is 23.3 Å². The first-order chi connectivity index (χ1) is 9.56. The molecule has 2 unspecified atom stereocenters. The Hall–Kier alpha value is -1.77. The van der Waals surface area contributed by atoms with E-state index in [9.17, 15) is 22.8 Å². The number of nitrogens with one attached hydrogen (secondary N) is 2. The van der Waals surface area contributed by atoms with Crippen molar-refractivity contribution in [2.75, 3.05) is 0 Å². The Morgan fingerprint density at radius 3 is 2.48 bits per heavy atom. The van der Waals surface area contributed by atoms with Crippen molar-refractivity contribution in [2.45, 2.75) is 38.0 Å². The number of carbonyl (C=O) groups is 2. The summed E-state index contributed by atoms with van der Waals surface area (Å²) < 4.78 is 38.2. The van der Waals surface area contributed by atoms with Crippen LogP contribution in [0.15, 0.2) is 16.8 Å². The van der Waals surface area contributed by atoms with Crippen LogP contribution in [-0.2, 0) is 11.2 Å². The van der Waals surface area contributed by atoms with Gasteiger partial charge in [0, 0.05) is 6.04 Å². The summed E-state index contributed by atoms with van der Waals surface area (Å²) in [6, 6.07) is 0.212. The zero-order valence-corrected chi connectivity index (χ0v) is 12.1. The van der Waals surface area contributed by atoms with Gasteiger partial charge in [0.2, 0.25) is 5.54 Å². The van der Waals surface area contributed by atoms with Crippen LogP contribution in [0.1, 0.15) is 19.4 Å². The number of aliphatic carboxylic acids is 1. The van der Waals surface area contributed by atoms with E-state index in [-0.39, 0.29) is 0 Å². The topological polar surface area (TPSA) is 78.4 Å². The van der Waals surface area contributed by atoms with Gasteiger partial charge in [-0.1, -0.05) is 0 Å². The highest BCUT2D eigenvalue weighted by atomic mass is 32.1. The third kappa shape index (κ3) is 4.35. The number of thiophene rings is 1. The molecule has 0 bridgehead atoms. The molecule has 1 rings (SSSR count). The second-order valence-corrected chi connectivity index (χ2v) is 5.54. The lowest BCUT2D eigenvalue weighted by Crippen LogP contribution is -2.64. The average Bonchev–Trinajstić information content (AvgIpc) is 2.79. The van der Waals surface area contributed by atoms with E-state index in [1.54, 1.807) is 6.92 Å². The molecule has 21 heavy (non-hydrogen) atoms. The van der Waals surface area contributed by atoms with Gasteiger partial charge in [0.05, 0.1) is 0 Å². The van der Waals surface area contributed by atoms with E-state index >= 15 is 0 Å². The van der Waals surface area contributed by atoms with Crippen molar-refractivity contribution in [3.8, 4) is 0 Å². The van der Waals surface area contributed by atoms with Gasteiger partial charge in [0.15, 0.2) is 0 Å². The van der Waals surface area contributed by atoms with Crippen molar-refractivity contribution in [1.82, 2.24) is 10.6 Å². The molecule has 2 amide bonds. The number of carbonyl (C=O) groups excluding carboxylic acids is 1. The van der Waals surface area contributed by atoms with Crippen LogP contribution in [0.4, 0.5) is 18.0 Å². The van der Waals surface area contributed by atoms with E-state index < -0.39 is 29.8 Å². The van der Waals surface area contributed by atoms with Gasteiger partial charge in [0.1, 0.15) is 0 Å². The summed E-state index contributed by atoms with van der Waals surface area (Å²) >= 11 is 1.46. The normalized spacial score (nSPS) is 15.9. The molecule has 2 atom stereocenters. The molecule has 0 saturated heterocycles. The van der Waals surface area contributed by atoms with Crippen molar-refractivity contribution in [1.29, 1.82) is 0 Å². The van der Waals surface area contributed by atoms with E-state index in [2.05, 4.69) is 5.32 Å². The Kier molecular flexibility index (Phi) is 5.21. The lowest BCUT2D eigenvalue weighted by atomic mass is 10.0. The zero-order chi connectivity index (χ0) is 16.3. The number of carboxylic acids is 1. The van der Waals surface area contributed by atoms with E-state index in [0.717, 1.165) is 5.56 Å². The number of urea groups is 1. The maximum atomic E-state index is 12.7. The molecule has 9 heteroatoms. The molecule has 3 N–H and O–H groups in total. The third-order valence-electron chi connectivity index (χ3n) is 2.86. The fraction of sp³-hybridized carbons (Fsp3) is 0.500. The number of amides is 2. The molecule has 1 aromatic rings. The fourth-order valence-corrected chi connectivity index (χ4v) is 2.23. The first kappa shape index (κ1) is 17.3. The smallest absolute Gasteiger partial charge is 0.422 e. The number of carboxylic acid groups (broad SMARTS) is 1. The molecule has 0 saturated carbocycles. The van der Waals surface area contributed by atoms with Crippen LogP contribution in [-0.4, -0.2) is 34.9 Å². The van der Waals surface area contributed by atoms with E-state index in [0.29, 0.717) is 13.3 Å².